The second-order valence-electron chi connectivity index (χ2n) is 9.95. The summed E-state index contributed by atoms with van der Waals surface area (Å²) >= 11 is 12.1. The molecule has 0 aliphatic rings. The van der Waals surface area contributed by atoms with Crippen molar-refractivity contribution >= 4 is 50.7 Å². The van der Waals surface area contributed by atoms with Gasteiger partial charge in [0.25, 0.3) is 10.0 Å². The average molecular weight is 639 g/mol. The molecule has 4 rings (SSSR count). The van der Waals surface area contributed by atoms with E-state index in [2.05, 4.69) is 5.32 Å². The minimum Gasteiger partial charge on any atom is -0.354 e. The molecule has 0 fully saturated rings. The zero-order chi connectivity index (χ0) is 30.8. The smallest absolute Gasteiger partial charge is 0.264 e. The molecule has 0 aromatic heterocycles. The Labute approximate surface area is 263 Å². The highest BCUT2D eigenvalue weighted by Gasteiger charge is 2.34. The van der Waals surface area contributed by atoms with Crippen LogP contribution in [0.3, 0.4) is 0 Å². The fraction of sp³-hybridized carbons (Fsp3) is 0.212. The van der Waals surface area contributed by atoms with Crippen LogP contribution in [0.5, 0.6) is 0 Å². The molecule has 10 heteroatoms. The molecule has 43 heavy (non-hydrogen) atoms. The fourth-order valence-corrected chi connectivity index (χ4v) is 6.23. The Balaban J connectivity index is 1.77. The molecule has 1 N–H and O–H groups in total. The van der Waals surface area contributed by atoms with Crippen molar-refractivity contribution in [1.29, 1.82) is 0 Å². The van der Waals surface area contributed by atoms with Crippen LogP contribution in [0.4, 0.5) is 5.69 Å². The van der Waals surface area contributed by atoms with Crippen LogP contribution in [0.25, 0.3) is 0 Å². The molecule has 0 heterocycles. The van der Waals surface area contributed by atoms with Gasteiger partial charge in [-0.3, -0.25) is 13.9 Å². The third kappa shape index (κ3) is 8.60. The highest BCUT2D eigenvalue weighted by Crippen LogP contribution is 2.26. The number of anilines is 1. The highest BCUT2D eigenvalue weighted by atomic mass is 35.5. The van der Waals surface area contributed by atoms with Gasteiger partial charge in [0, 0.05) is 29.6 Å². The first kappa shape index (κ1) is 32.1. The number of sulfonamides is 1. The summed E-state index contributed by atoms with van der Waals surface area (Å²) in [4.78, 5) is 29.4. The predicted octanol–water partition coefficient (Wildman–Crippen LogP) is 6.36. The lowest BCUT2D eigenvalue weighted by atomic mass is 10.0. The fourth-order valence-electron chi connectivity index (χ4n) is 4.56. The highest BCUT2D eigenvalue weighted by molar-refractivity contribution is 7.92. The minimum absolute atomic E-state index is 0.0145. The number of carbonyl (C=O) groups is 2. The molecule has 0 spiro atoms. The average Bonchev–Trinajstić information content (AvgIpc) is 3.02. The van der Waals surface area contributed by atoms with Crippen molar-refractivity contribution in [3.05, 3.63) is 130 Å². The lowest BCUT2D eigenvalue weighted by Gasteiger charge is -2.34. The van der Waals surface area contributed by atoms with Crippen molar-refractivity contribution in [2.45, 2.75) is 37.2 Å². The third-order valence-corrected chi connectivity index (χ3v) is 9.10. The maximum absolute atomic E-state index is 14.3. The second-order valence-corrected chi connectivity index (χ2v) is 12.7. The summed E-state index contributed by atoms with van der Waals surface area (Å²) in [5.41, 5.74) is 1.92. The Kier molecular flexibility index (Phi) is 11.2. The van der Waals surface area contributed by atoms with Gasteiger partial charge in [-0.15, -0.1) is 0 Å². The van der Waals surface area contributed by atoms with Gasteiger partial charge >= 0.3 is 0 Å². The van der Waals surface area contributed by atoms with Crippen molar-refractivity contribution in [3.8, 4) is 0 Å². The zero-order valence-electron chi connectivity index (χ0n) is 23.7. The van der Waals surface area contributed by atoms with E-state index in [0.29, 0.717) is 22.3 Å². The maximum Gasteiger partial charge on any atom is 0.264 e. The molecule has 2 amide bonds. The minimum atomic E-state index is -4.19. The first-order valence-corrected chi connectivity index (χ1v) is 16.1. The monoisotopic (exact) mass is 637 g/mol. The first-order valence-electron chi connectivity index (χ1n) is 13.9. The Bertz CT molecular complexity index is 1600. The number of para-hydroxylation sites is 1. The van der Waals surface area contributed by atoms with Gasteiger partial charge in [0.05, 0.1) is 10.6 Å². The van der Waals surface area contributed by atoms with Crippen LogP contribution in [0, 0.1) is 0 Å². The zero-order valence-corrected chi connectivity index (χ0v) is 26.0. The van der Waals surface area contributed by atoms with Gasteiger partial charge in [-0.25, -0.2) is 8.42 Å². The van der Waals surface area contributed by atoms with E-state index in [-0.39, 0.29) is 23.8 Å². The van der Waals surface area contributed by atoms with E-state index in [9.17, 15) is 18.0 Å². The Morgan fingerprint density at radius 2 is 1.33 bits per heavy atom. The number of nitrogens with zero attached hydrogens (tertiary/aromatic N) is 2. The first-order chi connectivity index (χ1) is 20.7. The molecular formula is C33H33Cl2N3O4S. The lowest BCUT2D eigenvalue weighted by molar-refractivity contribution is -0.140. The molecule has 0 saturated carbocycles. The molecule has 4 aromatic rings. The molecule has 0 bridgehead atoms. The van der Waals surface area contributed by atoms with Gasteiger partial charge < -0.3 is 10.2 Å². The van der Waals surface area contributed by atoms with E-state index in [4.69, 9.17) is 23.2 Å². The van der Waals surface area contributed by atoms with E-state index in [1.54, 1.807) is 54.6 Å². The normalized spacial score (nSPS) is 11.9. The van der Waals surface area contributed by atoms with Gasteiger partial charge in [0.15, 0.2) is 0 Å². The van der Waals surface area contributed by atoms with Gasteiger partial charge in [-0.05, 0) is 66.1 Å². The summed E-state index contributed by atoms with van der Waals surface area (Å²) in [6, 6.07) is 29.7. The second kappa shape index (κ2) is 15.0. The van der Waals surface area contributed by atoms with Gasteiger partial charge in [0.2, 0.25) is 11.8 Å². The predicted molar refractivity (Wildman–Crippen MR) is 172 cm³/mol. The van der Waals surface area contributed by atoms with E-state index < -0.39 is 28.5 Å². The molecule has 0 aliphatic heterocycles. The van der Waals surface area contributed by atoms with E-state index in [1.807, 2.05) is 37.3 Å². The standard InChI is InChI=1S/C33H33Cl2N3O4S/c1-2-21-36-33(40)31(22-25-9-5-3-6-10-25)37(23-26-13-15-27(34)16-14-26)32(39)24-38(29-11-7-4-8-12-29)43(41,42)30-19-17-28(35)18-20-30/h3-20,31H,2,21-24H2,1H3,(H,36,40)/t31-/m1/s1. The summed E-state index contributed by atoms with van der Waals surface area (Å²) in [6.07, 6.45) is 0.959. The largest absolute Gasteiger partial charge is 0.354 e. The number of benzene rings is 4. The SMILES string of the molecule is CCCNC(=O)[C@@H](Cc1ccccc1)N(Cc1ccc(Cl)cc1)C(=O)CN(c1ccccc1)S(=O)(=O)c1ccc(Cl)cc1. The number of amides is 2. The topological polar surface area (TPSA) is 86.8 Å². The summed E-state index contributed by atoms with van der Waals surface area (Å²) in [6.45, 7) is 1.92. The van der Waals surface area contributed by atoms with Gasteiger partial charge in [0.1, 0.15) is 12.6 Å². The maximum atomic E-state index is 14.3. The van der Waals surface area contributed by atoms with Crippen molar-refractivity contribution in [2.24, 2.45) is 0 Å². The summed E-state index contributed by atoms with van der Waals surface area (Å²) in [5.74, 6) is -0.858. The number of hydrogen-bond donors (Lipinski definition) is 1. The van der Waals surface area contributed by atoms with Gasteiger partial charge in [-0.1, -0.05) is 90.8 Å². The molecule has 224 valence electrons. The number of hydrogen-bond acceptors (Lipinski definition) is 4. The van der Waals surface area contributed by atoms with Crippen LogP contribution in [-0.2, 0) is 32.6 Å². The molecule has 0 radical (unpaired) electrons. The lowest BCUT2D eigenvalue weighted by Crippen LogP contribution is -2.53. The van der Waals surface area contributed by atoms with E-state index in [1.165, 1.54) is 29.2 Å². The molecule has 1 atom stereocenters. The van der Waals surface area contributed by atoms with Gasteiger partial charge in [-0.2, -0.15) is 0 Å². The quantitative estimate of drug-likeness (QED) is 0.185. The third-order valence-electron chi connectivity index (χ3n) is 6.81. The van der Waals surface area contributed by atoms with Crippen LogP contribution in [0.2, 0.25) is 10.0 Å². The Hall–Kier alpha value is -3.85. The summed E-state index contributed by atoms with van der Waals surface area (Å²) < 4.78 is 29.0. The Morgan fingerprint density at radius 1 is 0.767 bits per heavy atom. The van der Waals surface area contributed by atoms with Crippen LogP contribution in [-0.4, -0.2) is 44.3 Å². The number of carbonyl (C=O) groups excluding carboxylic acids is 2. The van der Waals surface area contributed by atoms with Crippen LogP contribution in [0.15, 0.2) is 114 Å². The van der Waals surface area contributed by atoms with Crippen LogP contribution in [0.1, 0.15) is 24.5 Å². The summed E-state index contributed by atoms with van der Waals surface area (Å²) in [7, 11) is -4.19. The van der Waals surface area contributed by atoms with Crippen LogP contribution < -0.4 is 9.62 Å². The number of halogens is 2. The Morgan fingerprint density at radius 3 is 1.91 bits per heavy atom. The van der Waals surface area contributed by atoms with E-state index in [0.717, 1.165) is 21.9 Å². The van der Waals surface area contributed by atoms with Crippen molar-refractivity contribution in [3.63, 3.8) is 0 Å². The van der Waals surface area contributed by atoms with Crippen molar-refractivity contribution in [1.82, 2.24) is 10.2 Å². The molecule has 0 aliphatic carbocycles. The molecular weight excluding hydrogens is 605 g/mol. The number of rotatable bonds is 13. The number of nitrogens with one attached hydrogen (secondary N) is 1. The molecule has 0 saturated heterocycles. The van der Waals surface area contributed by atoms with Crippen molar-refractivity contribution in [2.75, 3.05) is 17.4 Å². The van der Waals surface area contributed by atoms with E-state index >= 15 is 0 Å². The van der Waals surface area contributed by atoms with Crippen molar-refractivity contribution < 1.29 is 18.0 Å². The molecule has 7 nitrogen and oxygen atoms in total. The molecule has 4 aromatic carbocycles. The summed E-state index contributed by atoms with van der Waals surface area (Å²) in [5, 5.41) is 3.85. The van der Waals surface area contributed by atoms with Crippen LogP contribution >= 0.6 is 23.2 Å². The molecule has 0 unspecified atom stereocenters.